The van der Waals surface area contributed by atoms with Crippen LogP contribution >= 0.6 is 32.9 Å². The molecule has 0 radical (unpaired) electrons. The first-order chi connectivity index (χ1) is 12.8. The van der Waals surface area contributed by atoms with Gasteiger partial charge in [-0.15, -0.1) is 17.0 Å². The Morgan fingerprint density at radius 2 is 1.26 bits per heavy atom. The zero-order valence-corrected chi connectivity index (χ0v) is 20.3. The van der Waals surface area contributed by atoms with E-state index in [0.29, 0.717) is 0 Å². The lowest BCUT2D eigenvalue weighted by Gasteiger charge is -2.21. The molecule has 0 saturated carbocycles. The van der Waals surface area contributed by atoms with Gasteiger partial charge in [0.2, 0.25) is 0 Å². The summed E-state index contributed by atoms with van der Waals surface area (Å²) in [4.78, 5) is 4.74. The maximum atomic E-state index is 3.50. The van der Waals surface area contributed by atoms with E-state index in [9.17, 15) is 0 Å². The molecule has 0 aromatic heterocycles. The Balaban J connectivity index is 0.00000364. The van der Waals surface area contributed by atoms with Crippen molar-refractivity contribution >= 4 is 38.6 Å². The minimum Gasteiger partial charge on any atom is -0.358 e. The Bertz CT molecular complexity index is 502. The summed E-state index contributed by atoms with van der Waals surface area (Å²) in [5.74, 6) is 0. The first-order valence-electron chi connectivity index (χ1n) is 10.7. The predicted octanol–water partition coefficient (Wildman–Crippen LogP) is 8.28. The summed E-state index contributed by atoms with van der Waals surface area (Å²) in [6.45, 7) is 4.46. The summed E-state index contributed by atoms with van der Waals surface area (Å²) in [6.07, 6.45) is 21.4. The van der Waals surface area contributed by atoms with E-state index >= 15 is 0 Å². The highest BCUT2D eigenvalue weighted by atomic mass is 79.9. The van der Waals surface area contributed by atoms with Gasteiger partial charge in [-0.3, -0.25) is 0 Å². The van der Waals surface area contributed by atoms with Crippen molar-refractivity contribution in [3.05, 3.63) is 41.1 Å². The molecule has 2 rings (SSSR count). The summed E-state index contributed by atoms with van der Waals surface area (Å²) in [6, 6.07) is 8.55. The average Bonchev–Trinajstić information content (AvgIpc) is 3.12. The number of halogens is 2. The van der Waals surface area contributed by atoms with Crippen molar-refractivity contribution in [2.75, 3.05) is 18.1 Å². The fourth-order valence-electron chi connectivity index (χ4n) is 3.57. The van der Waals surface area contributed by atoms with Gasteiger partial charge in [0.25, 0.3) is 0 Å². The molecule has 1 aromatic rings. The third kappa shape index (κ3) is 10.6. The molecule has 2 nitrogen and oxygen atoms in total. The van der Waals surface area contributed by atoms with Gasteiger partial charge in [-0.1, -0.05) is 93.5 Å². The van der Waals surface area contributed by atoms with Crippen LogP contribution < -0.4 is 4.90 Å². The Hall–Kier alpha value is -0.480. The molecule has 0 saturated heterocycles. The van der Waals surface area contributed by atoms with Crippen molar-refractivity contribution in [2.24, 2.45) is 0 Å². The van der Waals surface area contributed by atoms with Crippen LogP contribution in [-0.2, 0) is 0 Å². The van der Waals surface area contributed by atoms with Gasteiger partial charge in [-0.2, -0.15) is 0 Å². The number of rotatable bonds is 14. The number of hydrogen-bond acceptors (Lipinski definition) is 2. The summed E-state index contributed by atoms with van der Waals surface area (Å²) in [5.41, 5.74) is 1.27. The highest BCUT2D eigenvalue weighted by molar-refractivity contribution is 9.10. The first-order valence-corrected chi connectivity index (χ1v) is 11.5. The summed E-state index contributed by atoms with van der Waals surface area (Å²) < 4.78 is 1.14. The van der Waals surface area contributed by atoms with Crippen LogP contribution in [-0.4, -0.2) is 18.1 Å². The zero-order valence-electron chi connectivity index (χ0n) is 17.0. The van der Waals surface area contributed by atoms with E-state index in [-0.39, 0.29) is 17.0 Å². The Labute approximate surface area is 186 Å². The number of anilines is 1. The van der Waals surface area contributed by atoms with Crippen LogP contribution in [0.5, 0.6) is 0 Å². The zero-order chi connectivity index (χ0) is 18.5. The van der Waals surface area contributed by atoms with Gasteiger partial charge in [-0.25, -0.2) is 0 Å². The van der Waals surface area contributed by atoms with Crippen molar-refractivity contribution in [1.82, 2.24) is 4.90 Å². The van der Waals surface area contributed by atoms with Crippen molar-refractivity contribution in [3.63, 3.8) is 0 Å². The fraction of sp³-hybridized carbons (Fsp3) is 0.652. The smallest absolute Gasteiger partial charge is 0.0941 e. The van der Waals surface area contributed by atoms with Crippen LogP contribution in [0.3, 0.4) is 0 Å². The van der Waals surface area contributed by atoms with Gasteiger partial charge in [0.1, 0.15) is 0 Å². The SMILES string of the molecule is Br.CCCCCCCCCCCCCCN1C=CN(c2ccc(Br)cc2)C1. The quantitative estimate of drug-likeness (QED) is 0.236. The number of unbranched alkanes of at least 4 members (excludes halogenated alkanes) is 11. The van der Waals surface area contributed by atoms with Crippen molar-refractivity contribution < 1.29 is 0 Å². The molecular weight excluding hydrogens is 464 g/mol. The molecule has 0 amide bonds. The molecule has 1 heterocycles. The molecule has 27 heavy (non-hydrogen) atoms. The molecule has 0 unspecified atom stereocenters. The molecule has 0 bridgehead atoms. The molecule has 0 aliphatic carbocycles. The largest absolute Gasteiger partial charge is 0.358 e. The number of hydrogen-bond donors (Lipinski definition) is 0. The predicted molar refractivity (Wildman–Crippen MR) is 129 cm³/mol. The second-order valence-electron chi connectivity index (χ2n) is 7.59. The molecule has 4 heteroatoms. The van der Waals surface area contributed by atoms with E-state index in [1.807, 2.05) is 0 Å². The first kappa shape index (κ1) is 24.6. The van der Waals surface area contributed by atoms with Gasteiger partial charge in [0.15, 0.2) is 0 Å². The van der Waals surface area contributed by atoms with E-state index in [2.05, 4.69) is 69.3 Å². The Kier molecular flexibility index (Phi) is 14.0. The monoisotopic (exact) mass is 500 g/mol. The van der Waals surface area contributed by atoms with Gasteiger partial charge in [0.05, 0.1) is 6.67 Å². The summed E-state index contributed by atoms with van der Waals surface area (Å²) >= 11 is 3.50. The molecule has 1 aliphatic heterocycles. The highest BCUT2D eigenvalue weighted by Gasteiger charge is 2.13. The third-order valence-electron chi connectivity index (χ3n) is 5.25. The molecule has 1 aromatic carbocycles. The standard InChI is InChI=1S/C23H37BrN2.BrH/c1-2-3-4-5-6-7-8-9-10-11-12-13-18-25-19-20-26(21-25)23-16-14-22(24)15-17-23;/h14-17,19-20H,2-13,18,21H2,1H3;1H. The molecule has 0 fully saturated rings. The van der Waals surface area contributed by atoms with Gasteiger partial charge < -0.3 is 9.80 Å². The maximum Gasteiger partial charge on any atom is 0.0941 e. The lowest BCUT2D eigenvalue weighted by atomic mass is 10.1. The molecule has 0 spiro atoms. The average molecular weight is 502 g/mol. The topological polar surface area (TPSA) is 6.48 Å². The second-order valence-corrected chi connectivity index (χ2v) is 8.50. The highest BCUT2D eigenvalue weighted by Crippen LogP contribution is 2.22. The Morgan fingerprint density at radius 3 is 1.81 bits per heavy atom. The van der Waals surface area contributed by atoms with Crippen LogP contribution in [0.4, 0.5) is 5.69 Å². The van der Waals surface area contributed by atoms with Gasteiger partial charge in [-0.05, 0) is 30.7 Å². The van der Waals surface area contributed by atoms with Crippen LogP contribution in [0.25, 0.3) is 0 Å². The van der Waals surface area contributed by atoms with Crippen LogP contribution in [0.15, 0.2) is 41.1 Å². The molecule has 154 valence electrons. The van der Waals surface area contributed by atoms with Crippen molar-refractivity contribution in [3.8, 4) is 0 Å². The third-order valence-corrected chi connectivity index (χ3v) is 5.78. The normalized spacial score (nSPS) is 13.3. The minimum absolute atomic E-state index is 0. The van der Waals surface area contributed by atoms with Gasteiger partial charge in [0, 0.05) is 29.1 Å². The minimum atomic E-state index is 0. The lowest BCUT2D eigenvalue weighted by Crippen LogP contribution is -2.25. The molecular formula is C23H38Br2N2. The second kappa shape index (κ2) is 15.4. The number of benzene rings is 1. The van der Waals surface area contributed by atoms with Crippen LogP contribution in [0, 0.1) is 0 Å². The summed E-state index contributed by atoms with van der Waals surface area (Å²) in [7, 11) is 0. The molecule has 0 atom stereocenters. The van der Waals surface area contributed by atoms with E-state index in [1.54, 1.807) is 0 Å². The summed E-state index contributed by atoms with van der Waals surface area (Å²) in [5, 5.41) is 0. The molecule has 0 N–H and O–H groups in total. The number of nitrogens with zero attached hydrogens (tertiary/aromatic N) is 2. The van der Waals surface area contributed by atoms with E-state index in [4.69, 9.17) is 0 Å². The maximum absolute atomic E-state index is 3.50. The Morgan fingerprint density at radius 1 is 0.741 bits per heavy atom. The van der Waals surface area contributed by atoms with Crippen LogP contribution in [0.2, 0.25) is 0 Å². The van der Waals surface area contributed by atoms with E-state index in [0.717, 1.165) is 11.1 Å². The van der Waals surface area contributed by atoms with Crippen LogP contribution in [0.1, 0.15) is 84.0 Å². The molecule has 1 aliphatic rings. The van der Waals surface area contributed by atoms with E-state index in [1.165, 1.54) is 89.3 Å². The lowest BCUT2D eigenvalue weighted by molar-refractivity contribution is 0.388. The van der Waals surface area contributed by atoms with Crippen molar-refractivity contribution in [2.45, 2.75) is 84.0 Å². The van der Waals surface area contributed by atoms with Crippen molar-refractivity contribution in [1.29, 1.82) is 0 Å². The van der Waals surface area contributed by atoms with E-state index < -0.39 is 0 Å². The van der Waals surface area contributed by atoms with Gasteiger partial charge >= 0.3 is 0 Å². The fourth-order valence-corrected chi connectivity index (χ4v) is 3.83.